The highest BCUT2D eigenvalue weighted by atomic mass is 32.2. The Kier molecular flexibility index (Phi) is 8.41. The lowest BCUT2D eigenvalue weighted by molar-refractivity contribution is -0.122. The molecule has 182 valence electrons. The number of aryl methyl sites for hydroxylation is 2. The van der Waals surface area contributed by atoms with Crippen LogP contribution in [-0.4, -0.2) is 40.8 Å². The highest BCUT2D eigenvalue weighted by Crippen LogP contribution is 2.34. The van der Waals surface area contributed by atoms with Crippen molar-refractivity contribution >= 4 is 21.6 Å². The number of sulfonamides is 1. The molecule has 0 aliphatic rings. The molecule has 0 aliphatic carbocycles. The lowest BCUT2D eigenvalue weighted by atomic mass is 9.93. The molecule has 1 N–H and O–H groups in total. The normalized spacial score (nSPS) is 13.4. The number of carbonyl (C=O) groups excluding carboxylic acids is 1. The van der Waals surface area contributed by atoms with Gasteiger partial charge in [-0.05, 0) is 80.1 Å². The Hall–Kier alpha value is -2.74. The van der Waals surface area contributed by atoms with Crippen LogP contribution >= 0.6 is 0 Å². The minimum atomic E-state index is -3.77. The van der Waals surface area contributed by atoms with Crippen LogP contribution in [0.25, 0.3) is 0 Å². The molecule has 0 unspecified atom stereocenters. The van der Waals surface area contributed by atoms with E-state index in [0.29, 0.717) is 11.4 Å². The molecule has 0 saturated heterocycles. The molecule has 7 nitrogen and oxygen atoms in total. The van der Waals surface area contributed by atoms with Crippen molar-refractivity contribution in [1.82, 2.24) is 5.32 Å². The van der Waals surface area contributed by atoms with Gasteiger partial charge >= 0.3 is 0 Å². The minimum absolute atomic E-state index is 0.246. The van der Waals surface area contributed by atoms with Crippen molar-refractivity contribution in [3.05, 3.63) is 52.6 Å². The molecule has 0 heterocycles. The van der Waals surface area contributed by atoms with Gasteiger partial charge in [0.1, 0.15) is 17.5 Å². The van der Waals surface area contributed by atoms with Crippen molar-refractivity contribution in [3.8, 4) is 11.5 Å². The van der Waals surface area contributed by atoms with Gasteiger partial charge in [0, 0.05) is 0 Å². The van der Waals surface area contributed by atoms with Crippen molar-refractivity contribution < 1.29 is 22.7 Å². The second-order valence-electron chi connectivity index (χ2n) is 8.75. The maximum atomic E-state index is 13.2. The molecule has 0 saturated carbocycles. The molecule has 0 aromatic heterocycles. The van der Waals surface area contributed by atoms with E-state index in [2.05, 4.69) is 19.2 Å². The fraction of sp³-hybridized carbons (Fsp3) is 0.480. The molecule has 0 bridgehead atoms. The van der Waals surface area contributed by atoms with Gasteiger partial charge in [-0.2, -0.15) is 0 Å². The molecule has 0 radical (unpaired) electrons. The van der Waals surface area contributed by atoms with E-state index < -0.39 is 22.0 Å². The van der Waals surface area contributed by atoms with Crippen LogP contribution in [0, 0.1) is 13.8 Å². The third-order valence-corrected chi connectivity index (χ3v) is 6.95. The van der Waals surface area contributed by atoms with Crippen LogP contribution in [-0.2, 0) is 14.8 Å². The van der Waals surface area contributed by atoms with E-state index in [0.717, 1.165) is 38.6 Å². The molecular weight excluding hydrogens is 440 g/mol. The van der Waals surface area contributed by atoms with Gasteiger partial charge in [-0.1, -0.05) is 19.9 Å². The largest absolute Gasteiger partial charge is 0.496 e. The van der Waals surface area contributed by atoms with E-state index >= 15 is 0 Å². The predicted molar refractivity (Wildman–Crippen MR) is 133 cm³/mol. The van der Waals surface area contributed by atoms with E-state index in [1.54, 1.807) is 26.2 Å². The molecule has 2 rings (SSSR count). The minimum Gasteiger partial charge on any atom is -0.496 e. The van der Waals surface area contributed by atoms with Crippen LogP contribution < -0.4 is 19.1 Å². The summed E-state index contributed by atoms with van der Waals surface area (Å²) in [6.07, 6.45) is 1.09. The van der Waals surface area contributed by atoms with Crippen molar-refractivity contribution in [3.63, 3.8) is 0 Å². The molecule has 33 heavy (non-hydrogen) atoms. The zero-order chi connectivity index (χ0) is 25.1. The quantitative estimate of drug-likeness (QED) is 0.577. The average molecular weight is 477 g/mol. The zero-order valence-corrected chi connectivity index (χ0v) is 21.8. The van der Waals surface area contributed by atoms with Crippen molar-refractivity contribution in [2.24, 2.45) is 0 Å². The second kappa shape index (κ2) is 10.5. The summed E-state index contributed by atoms with van der Waals surface area (Å²) >= 11 is 0. The van der Waals surface area contributed by atoms with E-state index in [1.807, 2.05) is 39.0 Å². The van der Waals surface area contributed by atoms with Gasteiger partial charge in [0.05, 0.1) is 32.2 Å². The number of benzene rings is 2. The SMILES string of the molecule is COc1cc(C)c([C@@H](C)NC(=O)[C@@H](C)N(c2cc(C)ccc2OC)S(C)(=O)=O)cc1C(C)C. The Bertz CT molecular complexity index is 1110. The number of hydrogen-bond acceptors (Lipinski definition) is 5. The summed E-state index contributed by atoms with van der Waals surface area (Å²) in [5, 5.41) is 2.99. The van der Waals surface area contributed by atoms with E-state index in [4.69, 9.17) is 9.47 Å². The third kappa shape index (κ3) is 5.99. The number of anilines is 1. The Balaban J connectivity index is 2.41. The topological polar surface area (TPSA) is 84.9 Å². The number of nitrogens with zero attached hydrogens (tertiary/aromatic N) is 1. The number of ether oxygens (including phenoxy) is 2. The number of carbonyl (C=O) groups is 1. The molecule has 0 fully saturated rings. The highest BCUT2D eigenvalue weighted by molar-refractivity contribution is 7.92. The fourth-order valence-electron chi connectivity index (χ4n) is 3.98. The lowest BCUT2D eigenvalue weighted by Gasteiger charge is -2.31. The summed E-state index contributed by atoms with van der Waals surface area (Å²) in [5.74, 6) is 1.03. The van der Waals surface area contributed by atoms with Gasteiger partial charge in [-0.3, -0.25) is 9.10 Å². The van der Waals surface area contributed by atoms with Crippen LogP contribution in [0.1, 0.15) is 61.9 Å². The second-order valence-corrected chi connectivity index (χ2v) is 10.6. The van der Waals surface area contributed by atoms with Crippen molar-refractivity contribution in [2.45, 2.75) is 59.5 Å². The predicted octanol–water partition coefficient (Wildman–Crippen LogP) is 4.48. The molecule has 0 spiro atoms. The fourth-order valence-corrected chi connectivity index (χ4v) is 5.15. The van der Waals surface area contributed by atoms with E-state index in [1.165, 1.54) is 7.11 Å². The standard InChI is InChI=1S/C25H36N2O5S/c1-15(2)20-14-21(17(4)13-24(20)32-8)18(5)26-25(28)19(6)27(33(9,29)30)22-12-16(3)10-11-23(22)31-7/h10-15,18-19H,1-9H3,(H,26,28)/t18-,19-/m1/s1. The Morgan fingerprint density at radius 3 is 2.06 bits per heavy atom. The van der Waals surface area contributed by atoms with E-state index in [-0.39, 0.29) is 12.0 Å². The van der Waals surface area contributed by atoms with Crippen LogP contribution in [0.2, 0.25) is 0 Å². The highest BCUT2D eigenvalue weighted by Gasteiger charge is 2.32. The lowest BCUT2D eigenvalue weighted by Crippen LogP contribution is -2.48. The Morgan fingerprint density at radius 1 is 0.939 bits per heavy atom. The first-order chi connectivity index (χ1) is 15.3. The summed E-state index contributed by atoms with van der Waals surface area (Å²) in [6, 6.07) is 7.93. The number of amides is 1. The van der Waals surface area contributed by atoms with Gasteiger partial charge in [0.15, 0.2) is 0 Å². The average Bonchev–Trinajstić information content (AvgIpc) is 2.72. The number of methoxy groups -OCH3 is 2. The first-order valence-corrected chi connectivity index (χ1v) is 12.8. The van der Waals surface area contributed by atoms with Crippen LogP contribution in [0.15, 0.2) is 30.3 Å². The maximum absolute atomic E-state index is 13.2. The summed E-state index contributed by atoms with van der Waals surface area (Å²) in [4.78, 5) is 13.2. The number of rotatable bonds is 9. The van der Waals surface area contributed by atoms with Crippen LogP contribution in [0.3, 0.4) is 0 Å². The summed E-state index contributed by atoms with van der Waals surface area (Å²) in [6.45, 7) is 11.5. The first-order valence-electron chi connectivity index (χ1n) is 10.9. The van der Waals surface area contributed by atoms with Gasteiger partial charge < -0.3 is 14.8 Å². The number of nitrogens with one attached hydrogen (secondary N) is 1. The van der Waals surface area contributed by atoms with Gasteiger partial charge in [0.2, 0.25) is 15.9 Å². The molecular formula is C25H36N2O5S. The molecule has 0 aliphatic heterocycles. The zero-order valence-electron chi connectivity index (χ0n) is 21.0. The molecule has 2 atom stereocenters. The van der Waals surface area contributed by atoms with Crippen LogP contribution in [0.4, 0.5) is 5.69 Å². The Morgan fingerprint density at radius 2 is 1.55 bits per heavy atom. The molecule has 8 heteroatoms. The summed E-state index contributed by atoms with van der Waals surface area (Å²) in [5.41, 5.74) is 4.18. The molecule has 2 aromatic rings. The summed E-state index contributed by atoms with van der Waals surface area (Å²) in [7, 11) is -0.653. The first kappa shape index (κ1) is 26.5. The van der Waals surface area contributed by atoms with Gasteiger partial charge in [0.25, 0.3) is 0 Å². The maximum Gasteiger partial charge on any atom is 0.244 e. The summed E-state index contributed by atoms with van der Waals surface area (Å²) < 4.78 is 37.5. The number of hydrogen-bond donors (Lipinski definition) is 1. The Labute approximate surface area is 198 Å². The van der Waals surface area contributed by atoms with Crippen LogP contribution in [0.5, 0.6) is 11.5 Å². The van der Waals surface area contributed by atoms with Crippen molar-refractivity contribution in [2.75, 3.05) is 24.8 Å². The van der Waals surface area contributed by atoms with E-state index in [9.17, 15) is 13.2 Å². The van der Waals surface area contributed by atoms with Crippen molar-refractivity contribution in [1.29, 1.82) is 0 Å². The third-order valence-electron chi connectivity index (χ3n) is 5.73. The molecule has 2 aromatic carbocycles. The van der Waals surface area contributed by atoms with Gasteiger partial charge in [-0.15, -0.1) is 0 Å². The molecule has 1 amide bonds. The smallest absolute Gasteiger partial charge is 0.244 e. The van der Waals surface area contributed by atoms with Gasteiger partial charge in [-0.25, -0.2) is 8.42 Å². The monoisotopic (exact) mass is 476 g/mol.